The van der Waals surface area contributed by atoms with Crippen molar-refractivity contribution in [2.75, 3.05) is 7.05 Å². The van der Waals surface area contributed by atoms with Gasteiger partial charge in [0.2, 0.25) is 0 Å². The van der Waals surface area contributed by atoms with Crippen LogP contribution in [0.2, 0.25) is 0 Å². The highest BCUT2D eigenvalue weighted by Gasteiger charge is 2.25. The smallest absolute Gasteiger partial charge is 0.325 e. The molecular weight excluding hydrogens is 270 g/mol. The number of hydrogen-bond donors (Lipinski definition) is 2. The van der Waals surface area contributed by atoms with Gasteiger partial charge in [-0.2, -0.15) is 0 Å². The van der Waals surface area contributed by atoms with Crippen LogP contribution in [0.15, 0.2) is 47.3 Å². The Bertz CT molecular complexity index is 748. The molecule has 0 saturated carbocycles. The Morgan fingerprint density at radius 3 is 3.00 bits per heavy atom. The van der Waals surface area contributed by atoms with E-state index < -0.39 is 12.0 Å². The van der Waals surface area contributed by atoms with E-state index in [1.807, 2.05) is 30.5 Å². The van der Waals surface area contributed by atoms with E-state index in [1.54, 1.807) is 18.0 Å². The quantitative estimate of drug-likeness (QED) is 0.752. The summed E-state index contributed by atoms with van der Waals surface area (Å²) in [5.41, 5.74) is 2.35. The van der Waals surface area contributed by atoms with Crippen molar-refractivity contribution in [2.45, 2.75) is 12.6 Å². The van der Waals surface area contributed by atoms with Crippen LogP contribution in [-0.4, -0.2) is 33.2 Å². The topological polar surface area (TPSA) is 82.4 Å². The number of nitrogens with zero attached hydrogens (tertiary/aromatic N) is 2. The molecule has 108 valence electrons. The molecule has 6 heteroatoms. The lowest BCUT2D eigenvalue weighted by Gasteiger charge is -2.24. The number of nitrogens with one attached hydrogen (secondary N) is 1. The van der Waals surface area contributed by atoms with Crippen molar-refractivity contribution in [3.05, 3.63) is 54.0 Å². The van der Waals surface area contributed by atoms with Crippen LogP contribution in [0, 0.1) is 0 Å². The first-order valence-electron chi connectivity index (χ1n) is 6.54. The van der Waals surface area contributed by atoms with E-state index >= 15 is 0 Å². The van der Waals surface area contributed by atoms with E-state index in [9.17, 15) is 9.90 Å². The lowest BCUT2D eigenvalue weighted by Crippen LogP contribution is -2.30. The van der Waals surface area contributed by atoms with Gasteiger partial charge in [0.25, 0.3) is 0 Å². The third kappa shape index (κ3) is 2.66. The molecule has 2 aromatic heterocycles. The highest BCUT2D eigenvalue weighted by Crippen LogP contribution is 2.24. The number of fused-ring (bicyclic) bond motifs is 1. The number of H-pyrrole nitrogens is 1. The number of likely N-dealkylation sites (N-methyl/N-ethyl adjacent to an activating group) is 1. The molecule has 0 aliphatic rings. The molecule has 3 aromatic rings. The summed E-state index contributed by atoms with van der Waals surface area (Å²) in [6.45, 7) is 0.399. The zero-order chi connectivity index (χ0) is 14.8. The molecule has 0 bridgehead atoms. The fraction of sp³-hybridized carbons (Fsp3) is 0.200. The minimum absolute atomic E-state index is 0.399. The number of aromatic nitrogens is 2. The number of benzene rings is 1. The zero-order valence-corrected chi connectivity index (χ0v) is 11.5. The van der Waals surface area contributed by atoms with Crippen molar-refractivity contribution in [1.29, 1.82) is 0 Å². The molecule has 1 aromatic carbocycles. The summed E-state index contributed by atoms with van der Waals surface area (Å²) in [5.74, 6) is -0.896. The van der Waals surface area contributed by atoms with Gasteiger partial charge in [0.05, 0.1) is 5.69 Å². The van der Waals surface area contributed by atoms with Crippen LogP contribution in [0.4, 0.5) is 0 Å². The van der Waals surface area contributed by atoms with Gasteiger partial charge in [-0.05, 0) is 30.1 Å². The minimum Gasteiger partial charge on any atom is -0.480 e. The third-order valence-electron chi connectivity index (χ3n) is 3.47. The number of hydrogen-bond acceptors (Lipinski definition) is 4. The van der Waals surface area contributed by atoms with Crippen molar-refractivity contribution in [3.8, 4) is 0 Å². The van der Waals surface area contributed by atoms with Gasteiger partial charge in [-0.1, -0.05) is 17.3 Å². The maximum atomic E-state index is 11.6. The van der Waals surface area contributed by atoms with Crippen molar-refractivity contribution < 1.29 is 14.4 Å². The van der Waals surface area contributed by atoms with E-state index in [0.717, 1.165) is 16.5 Å². The summed E-state index contributed by atoms with van der Waals surface area (Å²) in [6, 6.07) is 8.56. The Labute approximate surface area is 121 Å². The minimum atomic E-state index is -0.896. The number of rotatable bonds is 5. The lowest BCUT2D eigenvalue weighted by molar-refractivity contribution is -0.143. The van der Waals surface area contributed by atoms with Crippen LogP contribution < -0.4 is 0 Å². The second-order valence-corrected chi connectivity index (χ2v) is 4.97. The summed E-state index contributed by atoms with van der Waals surface area (Å²) >= 11 is 0. The first kappa shape index (κ1) is 13.4. The van der Waals surface area contributed by atoms with Gasteiger partial charge < -0.3 is 14.6 Å². The fourth-order valence-electron chi connectivity index (χ4n) is 2.49. The van der Waals surface area contributed by atoms with Gasteiger partial charge in [-0.25, -0.2) is 0 Å². The fourth-order valence-corrected chi connectivity index (χ4v) is 2.49. The molecule has 0 spiro atoms. The van der Waals surface area contributed by atoms with E-state index in [-0.39, 0.29) is 0 Å². The lowest BCUT2D eigenvalue weighted by atomic mass is 10.0. The molecule has 2 N–H and O–H groups in total. The Morgan fingerprint density at radius 1 is 1.43 bits per heavy atom. The SMILES string of the molecule is CN(Cc1ccon1)[C@@H](C(=O)O)c1ccc2cc[nH]c2c1. The largest absolute Gasteiger partial charge is 0.480 e. The predicted molar refractivity (Wildman–Crippen MR) is 76.6 cm³/mol. The summed E-state index contributed by atoms with van der Waals surface area (Å²) < 4.78 is 4.78. The Balaban J connectivity index is 1.91. The standard InChI is InChI=1S/C15H15N3O3/c1-18(9-12-5-7-21-17-12)14(15(19)20)11-3-2-10-4-6-16-13(10)8-11/h2-8,14,16H,9H2,1H3,(H,19,20)/t14-/m1/s1. The van der Waals surface area contributed by atoms with Gasteiger partial charge in [0.1, 0.15) is 12.3 Å². The van der Waals surface area contributed by atoms with Crippen LogP contribution in [0.1, 0.15) is 17.3 Å². The van der Waals surface area contributed by atoms with E-state index in [0.29, 0.717) is 12.2 Å². The normalized spacial score (nSPS) is 12.9. The molecule has 0 amide bonds. The highest BCUT2D eigenvalue weighted by molar-refractivity contribution is 5.83. The zero-order valence-electron chi connectivity index (χ0n) is 11.5. The van der Waals surface area contributed by atoms with Gasteiger partial charge in [-0.15, -0.1) is 0 Å². The number of aromatic amines is 1. The van der Waals surface area contributed by atoms with Crippen molar-refractivity contribution in [1.82, 2.24) is 15.0 Å². The highest BCUT2D eigenvalue weighted by atomic mass is 16.5. The van der Waals surface area contributed by atoms with Crippen molar-refractivity contribution in [3.63, 3.8) is 0 Å². The molecule has 2 heterocycles. The molecule has 0 saturated heterocycles. The van der Waals surface area contributed by atoms with Gasteiger partial charge >= 0.3 is 5.97 Å². The number of carboxylic acid groups (broad SMARTS) is 1. The van der Waals surface area contributed by atoms with Gasteiger partial charge in [0, 0.05) is 24.3 Å². The molecule has 0 radical (unpaired) electrons. The average Bonchev–Trinajstić information content (AvgIpc) is 3.08. The second kappa shape index (κ2) is 5.41. The summed E-state index contributed by atoms with van der Waals surface area (Å²) in [5, 5.41) is 14.4. The van der Waals surface area contributed by atoms with Crippen LogP contribution >= 0.6 is 0 Å². The molecule has 6 nitrogen and oxygen atoms in total. The second-order valence-electron chi connectivity index (χ2n) is 4.97. The van der Waals surface area contributed by atoms with E-state index in [1.165, 1.54) is 6.26 Å². The molecule has 3 rings (SSSR count). The molecule has 1 atom stereocenters. The molecular formula is C15H15N3O3. The Kier molecular flexibility index (Phi) is 3.45. The van der Waals surface area contributed by atoms with Crippen LogP contribution in [0.25, 0.3) is 10.9 Å². The Hall–Kier alpha value is -2.60. The molecule has 0 aliphatic heterocycles. The number of aliphatic carboxylic acids is 1. The molecule has 0 unspecified atom stereocenters. The van der Waals surface area contributed by atoms with Gasteiger partial charge in [-0.3, -0.25) is 9.69 Å². The summed E-state index contributed by atoms with van der Waals surface area (Å²) in [4.78, 5) is 16.5. The number of carbonyl (C=O) groups is 1. The first-order valence-corrected chi connectivity index (χ1v) is 6.54. The molecule has 0 aliphatic carbocycles. The Morgan fingerprint density at radius 2 is 2.29 bits per heavy atom. The summed E-state index contributed by atoms with van der Waals surface area (Å²) in [6.07, 6.45) is 3.31. The molecule has 0 fully saturated rings. The van der Waals surface area contributed by atoms with E-state index in [2.05, 4.69) is 10.1 Å². The molecule has 21 heavy (non-hydrogen) atoms. The number of carboxylic acids is 1. The maximum absolute atomic E-state index is 11.6. The van der Waals surface area contributed by atoms with Crippen LogP contribution in [0.5, 0.6) is 0 Å². The monoisotopic (exact) mass is 285 g/mol. The first-order chi connectivity index (χ1) is 10.1. The third-order valence-corrected chi connectivity index (χ3v) is 3.47. The summed E-state index contributed by atoms with van der Waals surface area (Å²) in [7, 11) is 1.76. The van der Waals surface area contributed by atoms with Crippen molar-refractivity contribution >= 4 is 16.9 Å². The van der Waals surface area contributed by atoms with E-state index in [4.69, 9.17) is 4.52 Å². The van der Waals surface area contributed by atoms with Crippen LogP contribution in [-0.2, 0) is 11.3 Å². The van der Waals surface area contributed by atoms with Gasteiger partial charge in [0.15, 0.2) is 0 Å². The maximum Gasteiger partial charge on any atom is 0.325 e. The van der Waals surface area contributed by atoms with Crippen LogP contribution in [0.3, 0.4) is 0 Å². The van der Waals surface area contributed by atoms with Crippen molar-refractivity contribution in [2.24, 2.45) is 0 Å². The average molecular weight is 285 g/mol. The predicted octanol–water partition coefficient (Wildman–Crippen LogP) is 2.41.